The average molecular weight is 349 g/mol. The highest BCUT2D eigenvalue weighted by Gasteiger charge is 2.15. The summed E-state index contributed by atoms with van der Waals surface area (Å²) in [6.45, 7) is 0. The molecule has 0 fully saturated rings. The van der Waals surface area contributed by atoms with Crippen molar-refractivity contribution in [2.75, 3.05) is 19.5 Å². The molecule has 3 rings (SSSR count). The monoisotopic (exact) mass is 348 g/mol. The van der Waals surface area contributed by atoms with Gasteiger partial charge in [-0.05, 0) is 30.3 Å². The second kappa shape index (κ2) is 6.29. The van der Waals surface area contributed by atoms with Crippen LogP contribution in [-0.2, 0) is 0 Å². The van der Waals surface area contributed by atoms with E-state index in [1.54, 1.807) is 18.2 Å². The highest BCUT2D eigenvalue weighted by atomic mass is 35.5. The van der Waals surface area contributed by atoms with Crippen molar-refractivity contribution in [1.82, 2.24) is 4.98 Å². The third kappa shape index (κ3) is 2.93. The SMILES string of the molecule is COc1cc(C(=O)Nc2ccc3oc(=O)[nH]c3c2)cc(Cl)c1OC. The summed E-state index contributed by atoms with van der Waals surface area (Å²) in [5.41, 5.74) is 1.70. The first-order valence-electron chi connectivity index (χ1n) is 6.87. The van der Waals surface area contributed by atoms with Crippen molar-refractivity contribution in [3.63, 3.8) is 0 Å². The number of hydrogen-bond donors (Lipinski definition) is 2. The molecule has 1 amide bonds. The van der Waals surface area contributed by atoms with Crippen LogP contribution in [0.15, 0.2) is 39.5 Å². The van der Waals surface area contributed by atoms with Gasteiger partial charge in [0.2, 0.25) is 0 Å². The Bertz CT molecular complexity index is 976. The van der Waals surface area contributed by atoms with E-state index in [2.05, 4.69) is 10.3 Å². The van der Waals surface area contributed by atoms with Crippen molar-refractivity contribution >= 4 is 34.3 Å². The molecule has 2 aromatic carbocycles. The van der Waals surface area contributed by atoms with Crippen LogP contribution in [0.25, 0.3) is 11.1 Å². The Labute approximate surface area is 141 Å². The van der Waals surface area contributed by atoms with E-state index in [4.69, 9.17) is 25.5 Å². The van der Waals surface area contributed by atoms with Crippen LogP contribution in [0.4, 0.5) is 5.69 Å². The molecule has 0 unspecified atom stereocenters. The van der Waals surface area contributed by atoms with Crippen LogP contribution in [-0.4, -0.2) is 25.1 Å². The highest BCUT2D eigenvalue weighted by molar-refractivity contribution is 6.32. The average Bonchev–Trinajstić information content (AvgIpc) is 2.93. The molecule has 0 spiro atoms. The van der Waals surface area contributed by atoms with Gasteiger partial charge < -0.3 is 19.2 Å². The maximum atomic E-state index is 12.4. The van der Waals surface area contributed by atoms with E-state index < -0.39 is 5.76 Å². The number of nitrogens with one attached hydrogen (secondary N) is 2. The number of rotatable bonds is 4. The quantitative estimate of drug-likeness (QED) is 0.755. The molecule has 0 aliphatic rings. The molecule has 0 saturated heterocycles. The number of halogens is 1. The molecule has 0 radical (unpaired) electrons. The molecule has 0 saturated carbocycles. The number of carbonyl (C=O) groups is 1. The number of oxazole rings is 1. The van der Waals surface area contributed by atoms with Gasteiger partial charge in [0.05, 0.1) is 24.8 Å². The summed E-state index contributed by atoms with van der Waals surface area (Å²) in [7, 11) is 2.92. The zero-order valence-corrected chi connectivity index (χ0v) is 13.6. The summed E-state index contributed by atoms with van der Waals surface area (Å²) >= 11 is 6.10. The molecular weight excluding hydrogens is 336 g/mol. The number of carbonyl (C=O) groups excluding carboxylic acids is 1. The van der Waals surface area contributed by atoms with Gasteiger partial charge in [0, 0.05) is 11.3 Å². The second-order valence-corrected chi connectivity index (χ2v) is 5.28. The minimum atomic E-state index is -0.555. The van der Waals surface area contributed by atoms with Crippen LogP contribution in [0.1, 0.15) is 10.4 Å². The Hall–Kier alpha value is -2.93. The summed E-state index contributed by atoms with van der Waals surface area (Å²) in [6, 6.07) is 7.82. The molecule has 3 aromatic rings. The Morgan fingerprint density at radius 3 is 2.71 bits per heavy atom. The van der Waals surface area contributed by atoms with Crippen LogP contribution in [0, 0.1) is 0 Å². The molecule has 0 aliphatic carbocycles. The lowest BCUT2D eigenvalue weighted by molar-refractivity contribution is 0.102. The molecule has 1 aromatic heterocycles. The lowest BCUT2D eigenvalue weighted by Gasteiger charge is -2.12. The van der Waals surface area contributed by atoms with Crippen molar-refractivity contribution in [2.45, 2.75) is 0 Å². The maximum absolute atomic E-state index is 12.4. The summed E-state index contributed by atoms with van der Waals surface area (Å²) in [4.78, 5) is 26.1. The van der Waals surface area contributed by atoms with Gasteiger partial charge >= 0.3 is 5.76 Å². The number of aromatic amines is 1. The first-order chi connectivity index (χ1) is 11.5. The van der Waals surface area contributed by atoms with Gasteiger partial charge in [0.1, 0.15) is 0 Å². The Kier molecular flexibility index (Phi) is 4.18. The molecule has 24 heavy (non-hydrogen) atoms. The molecule has 0 bridgehead atoms. The number of benzene rings is 2. The number of aromatic nitrogens is 1. The van der Waals surface area contributed by atoms with Crippen molar-refractivity contribution in [1.29, 1.82) is 0 Å². The molecule has 124 valence electrons. The number of ether oxygens (including phenoxy) is 2. The topological polar surface area (TPSA) is 93.6 Å². The maximum Gasteiger partial charge on any atom is 0.417 e. The summed E-state index contributed by atoms with van der Waals surface area (Å²) in [5.74, 6) is -0.235. The zero-order valence-electron chi connectivity index (χ0n) is 12.8. The first-order valence-corrected chi connectivity index (χ1v) is 7.25. The van der Waals surface area contributed by atoms with Crippen molar-refractivity contribution < 1.29 is 18.7 Å². The normalized spacial score (nSPS) is 10.6. The lowest BCUT2D eigenvalue weighted by atomic mass is 10.1. The lowest BCUT2D eigenvalue weighted by Crippen LogP contribution is -2.12. The van der Waals surface area contributed by atoms with Gasteiger partial charge in [-0.25, -0.2) is 4.79 Å². The van der Waals surface area contributed by atoms with E-state index in [-0.39, 0.29) is 10.9 Å². The number of H-pyrrole nitrogens is 1. The van der Waals surface area contributed by atoms with E-state index in [9.17, 15) is 9.59 Å². The van der Waals surface area contributed by atoms with E-state index >= 15 is 0 Å². The van der Waals surface area contributed by atoms with E-state index in [1.165, 1.54) is 26.4 Å². The molecule has 1 heterocycles. The van der Waals surface area contributed by atoms with Crippen molar-refractivity contribution in [3.8, 4) is 11.5 Å². The Balaban J connectivity index is 1.90. The Morgan fingerprint density at radius 2 is 2.00 bits per heavy atom. The van der Waals surface area contributed by atoms with Crippen LogP contribution >= 0.6 is 11.6 Å². The van der Waals surface area contributed by atoms with Crippen LogP contribution in [0.2, 0.25) is 5.02 Å². The smallest absolute Gasteiger partial charge is 0.417 e. The third-order valence-corrected chi connectivity index (χ3v) is 3.65. The summed E-state index contributed by atoms with van der Waals surface area (Å²) < 4.78 is 15.2. The predicted molar refractivity (Wildman–Crippen MR) is 89.3 cm³/mol. The largest absolute Gasteiger partial charge is 0.493 e. The number of fused-ring (bicyclic) bond motifs is 1. The van der Waals surface area contributed by atoms with Gasteiger partial charge in [-0.1, -0.05) is 11.6 Å². The van der Waals surface area contributed by atoms with Crippen LogP contribution in [0.3, 0.4) is 0 Å². The van der Waals surface area contributed by atoms with Crippen molar-refractivity contribution in [2.24, 2.45) is 0 Å². The molecule has 8 heteroatoms. The van der Waals surface area contributed by atoms with E-state index in [1.807, 2.05) is 0 Å². The standard InChI is InChI=1S/C16H13ClN2O5/c1-22-13-6-8(5-10(17)14(13)23-2)15(20)18-9-3-4-12-11(7-9)19-16(21)24-12/h3-7H,1-2H3,(H,18,20)(H,19,21). The van der Waals surface area contributed by atoms with Gasteiger partial charge in [0.25, 0.3) is 5.91 Å². The number of amides is 1. The van der Waals surface area contributed by atoms with Gasteiger partial charge in [-0.15, -0.1) is 0 Å². The van der Waals surface area contributed by atoms with Gasteiger partial charge in [0.15, 0.2) is 17.1 Å². The fourth-order valence-corrected chi connectivity index (χ4v) is 2.57. The van der Waals surface area contributed by atoms with E-state index in [0.29, 0.717) is 33.8 Å². The third-order valence-electron chi connectivity index (χ3n) is 3.37. The van der Waals surface area contributed by atoms with Crippen molar-refractivity contribution in [3.05, 3.63) is 51.5 Å². The Morgan fingerprint density at radius 1 is 1.21 bits per heavy atom. The van der Waals surface area contributed by atoms with Crippen LogP contribution < -0.4 is 20.5 Å². The highest BCUT2D eigenvalue weighted by Crippen LogP contribution is 2.36. The predicted octanol–water partition coefficient (Wildman–Crippen LogP) is 3.04. The van der Waals surface area contributed by atoms with Gasteiger partial charge in [-0.2, -0.15) is 0 Å². The molecule has 2 N–H and O–H groups in total. The molecular formula is C16H13ClN2O5. The summed E-state index contributed by atoms with van der Waals surface area (Å²) in [5, 5.41) is 2.98. The number of methoxy groups -OCH3 is 2. The summed E-state index contributed by atoms with van der Waals surface area (Å²) in [6.07, 6.45) is 0. The van der Waals surface area contributed by atoms with E-state index in [0.717, 1.165) is 0 Å². The minimum absolute atomic E-state index is 0.261. The fraction of sp³-hybridized carbons (Fsp3) is 0.125. The molecule has 0 aliphatic heterocycles. The minimum Gasteiger partial charge on any atom is -0.493 e. The van der Waals surface area contributed by atoms with Crippen LogP contribution in [0.5, 0.6) is 11.5 Å². The number of hydrogen-bond acceptors (Lipinski definition) is 5. The first kappa shape index (κ1) is 15.9. The number of anilines is 1. The molecule has 7 nitrogen and oxygen atoms in total. The fourth-order valence-electron chi connectivity index (χ4n) is 2.28. The molecule has 0 atom stereocenters. The van der Waals surface area contributed by atoms with Gasteiger partial charge in [-0.3, -0.25) is 9.78 Å². The second-order valence-electron chi connectivity index (χ2n) is 4.87. The zero-order chi connectivity index (χ0) is 17.3.